The lowest BCUT2D eigenvalue weighted by atomic mass is 10.3. The first-order valence-corrected chi connectivity index (χ1v) is 10.1. The Bertz CT molecular complexity index is 942. The van der Waals surface area contributed by atoms with Gasteiger partial charge in [0, 0.05) is 26.1 Å². The Balaban J connectivity index is 1.49. The van der Waals surface area contributed by atoms with Gasteiger partial charge in [-0.25, -0.2) is 4.98 Å². The standard InChI is InChI=1S/C20H22N4O2S/c25-19(23-11-3-4-12-23)14-24-16-7-2-1-6-15(16)22-18(24)9-10-21-20(26)17-8-5-13-27-17/h1-2,5-8,13H,3-4,9-12,14H2,(H,21,26). The Morgan fingerprint density at radius 1 is 1.11 bits per heavy atom. The van der Waals surface area contributed by atoms with Gasteiger partial charge in [0.2, 0.25) is 5.91 Å². The van der Waals surface area contributed by atoms with Crippen molar-refractivity contribution in [1.29, 1.82) is 0 Å². The van der Waals surface area contributed by atoms with Gasteiger partial charge in [0.15, 0.2) is 0 Å². The number of likely N-dealkylation sites (tertiary alicyclic amines) is 1. The molecule has 0 unspecified atom stereocenters. The third-order valence-electron chi connectivity index (χ3n) is 4.86. The summed E-state index contributed by atoms with van der Waals surface area (Å²) in [6.45, 7) is 2.47. The van der Waals surface area contributed by atoms with E-state index < -0.39 is 0 Å². The topological polar surface area (TPSA) is 67.2 Å². The Morgan fingerprint density at radius 2 is 1.93 bits per heavy atom. The fourth-order valence-electron chi connectivity index (χ4n) is 3.48. The van der Waals surface area contributed by atoms with E-state index in [2.05, 4.69) is 5.32 Å². The van der Waals surface area contributed by atoms with Crippen LogP contribution in [0.5, 0.6) is 0 Å². The molecule has 140 valence electrons. The molecule has 0 radical (unpaired) electrons. The summed E-state index contributed by atoms with van der Waals surface area (Å²) in [5, 5.41) is 4.82. The van der Waals surface area contributed by atoms with Gasteiger partial charge in [0.25, 0.3) is 5.91 Å². The smallest absolute Gasteiger partial charge is 0.261 e. The number of nitrogens with zero attached hydrogens (tertiary/aromatic N) is 3. The number of hydrogen-bond acceptors (Lipinski definition) is 4. The summed E-state index contributed by atoms with van der Waals surface area (Å²) in [5.41, 5.74) is 1.84. The molecular weight excluding hydrogens is 360 g/mol. The van der Waals surface area contributed by atoms with Crippen LogP contribution in [-0.2, 0) is 17.8 Å². The monoisotopic (exact) mass is 382 g/mol. The van der Waals surface area contributed by atoms with E-state index in [4.69, 9.17) is 4.98 Å². The molecule has 0 spiro atoms. The Labute approximate surface area is 161 Å². The number of hydrogen-bond donors (Lipinski definition) is 1. The van der Waals surface area contributed by atoms with Crippen LogP contribution in [0.15, 0.2) is 41.8 Å². The first kappa shape index (κ1) is 17.7. The van der Waals surface area contributed by atoms with Crippen molar-refractivity contribution in [1.82, 2.24) is 19.8 Å². The van der Waals surface area contributed by atoms with Crippen molar-refractivity contribution in [2.45, 2.75) is 25.8 Å². The Morgan fingerprint density at radius 3 is 2.70 bits per heavy atom. The van der Waals surface area contributed by atoms with Gasteiger partial charge in [-0.1, -0.05) is 18.2 Å². The third kappa shape index (κ3) is 3.88. The largest absolute Gasteiger partial charge is 0.351 e. The molecule has 0 atom stereocenters. The summed E-state index contributed by atoms with van der Waals surface area (Å²) in [6, 6.07) is 11.5. The van der Waals surface area contributed by atoms with E-state index in [1.165, 1.54) is 11.3 Å². The lowest BCUT2D eigenvalue weighted by Gasteiger charge is -2.17. The zero-order valence-electron chi connectivity index (χ0n) is 15.1. The molecule has 1 N–H and O–H groups in total. The highest BCUT2D eigenvalue weighted by Gasteiger charge is 2.20. The number of aromatic nitrogens is 2. The van der Waals surface area contributed by atoms with Crippen molar-refractivity contribution in [3.05, 3.63) is 52.5 Å². The van der Waals surface area contributed by atoms with E-state index in [0.717, 1.165) is 42.8 Å². The van der Waals surface area contributed by atoms with Crippen LogP contribution in [0.1, 0.15) is 28.3 Å². The average Bonchev–Trinajstić information content (AvgIpc) is 3.43. The molecule has 0 bridgehead atoms. The van der Waals surface area contributed by atoms with E-state index in [1.54, 1.807) is 0 Å². The van der Waals surface area contributed by atoms with Crippen LogP contribution in [0.25, 0.3) is 11.0 Å². The second kappa shape index (κ2) is 7.92. The van der Waals surface area contributed by atoms with Gasteiger partial charge < -0.3 is 14.8 Å². The summed E-state index contributed by atoms with van der Waals surface area (Å²) in [5.74, 6) is 0.899. The maximum absolute atomic E-state index is 12.7. The Hall–Kier alpha value is -2.67. The summed E-state index contributed by atoms with van der Waals surface area (Å²) < 4.78 is 1.99. The second-order valence-corrected chi connectivity index (χ2v) is 7.62. The third-order valence-corrected chi connectivity index (χ3v) is 5.73. The number of fused-ring (bicyclic) bond motifs is 1. The highest BCUT2D eigenvalue weighted by Crippen LogP contribution is 2.18. The molecule has 0 aliphatic carbocycles. The van der Waals surface area contributed by atoms with Crippen LogP contribution < -0.4 is 5.32 Å². The quantitative estimate of drug-likeness (QED) is 0.713. The number of imidazole rings is 1. The van der Waals surface area contributed by atoms with Crippen molar-refractivity contribution >= 4 is 34.2 Å². The average molecular weight is 382 g/mol. The molecule has 4 rings (SSSR count). The predicted octanol–water partition coefficient (Wildman–Crippen LogP) is 2.69. The minimum atomic E-state index is -0.0687. The normalized spacial score (nSPS) is 14.0. The number of benzene rings is 1. The molecule has 1 fully saturated rings. The van der Waals surface area contributed by atoms with Gasteiger partial charge >= 0.3 is 0 Å². The number of carbonyl (C=O) groups is 2. The highest BCUT2D eigenvalue weighted by molar-refractivity contribution is 7.12. The molecule has 1 aromatic carbocycles. The molecule has 2 amide bonds. The highest BCUT2D eigenvalue weighted by atomic mass is 32.1. The molecule has 1 saturated heterocycles. The first-order valence-electron chi connectivity index (χ1n) is 9.26. The van der Waals surface area contributed by atoms with Crippen molar-refractivity contribution in [3.63, 3.8) is 0 Å². The van der Waals surface area contributed by atoms with Gasteiger partial charge in [-0.15, -0.1) is 11.3 Å². The maximum atomic E-state index is 12.7. The van der Waals surface area contributed by atoms with E-state index in [1.807, 2.05) is 51.2 Å². The molecule has 1 aliphatic heterocycles. The minimum Gasteiger partial charge on any atom is -0.351 e. The number of carbonyl (C=O) groups excluding carboxylic acids is 2. The van der Waals surface area contributed by atoms with Crippen LogP contribution in [0.3, 0.4) is 0 Å². The zero-order chi connectivity index (χ0) is 18.6. The van der Waals surface area contributed by atoms with Gasteiger partial charge in [0.1, 0.15) is 12.4 Å². The number of amides is 2. The van der Waals surface area contributed by atoms with Crippen LogP contribution in [0.2, 0.25) is 0 Å². The maximum Gasteiger partial charge on any atom is 0.261 e. The number of nitrogens with one attached hydrogen (secondary N) is 1. The van der Waals surface area contributed by atoms with Crippen molar-refractivity contribution in [2.24, 2.45) is 0 Å². The van der Waals surface area contributed by atoms with Gasteiger partial charge in [-0.05, 0) is 36.4 Å². The Kier molecular flexibility index (Phi) is 5.20. The van der Waals surface area contributed by atoms with E-state index in [0.29, 0.717) is 24.4 Å². The molecule has 1 aliphatic rings. The van der Waals surface area contributed by atoms with E-state index in [-0.39, 0.29) is 11.8 Å². The molecule has 2 aromatic heterocycles. The van der Waals surface area contributed by atoms with E-state index in [9.17, 15) is 9.59 Å². The molecule has 27 heavy (non-hydrogen) atoms. The van der Waals surface area contributed by atoms with Crippen LogP contribution in [0.4, 0.5) is 0 Å². The first-order chi connectivity index (χ1) is 13.2. The zero-order valence-corrected chi connectivity index (χ0v) is 15.9. The SMILES string of the molecule is O=C(NCCc1nc2ccccc2n1CC(=O)N1CCCC1)c1cccs1. The van der Waals surface area contributed by atoms with E-state index >= 15 is 0 Å². The van der Waals surface area contributed by atoms with Gasteiger partial charge in [-0.3, -0.25) is 9.59 Å². The lowest BCUT2D eigenvalue weighted by Crippen LogP contribution is -2.32. The van der Waals surface area contributed by atoms with Gasteiger partial charge in [-0.2, -0.15) is 0 Å². The molecule has 3 aromatic rings. The summed E-state index contributed by atoms with van der Waals surface area (Å²) in [6.07, 6.45) is 2.75. The van der Waals surface area contributed by atoms with Crippen molar-refractivity contribution in [2.75, 3.05) is 19.6 Å². The summed E-state index contributed by atoms with van der Waals surface area (Å²) >= 11 is 1.42. The fourth-order valence-corrected chi connectivity index (χ4v) is 4.12. The van der Waals surface area contributed by atoms with Crippen molar-refractivity contribution < 1.29 is 9.59 Å². The molecule has 0 saturated carbocycles. The minimum absolute atomic E-state index is 0.0687. The fraction of sp³-hybridized carbons (Fsp3) is 0.350. The lowest BCUT2D eigenvalue weighted by molar-refractivity contribution is -0.130. The molecule has 6 nitrogen and oxygen atoms in total. The van der Waals surface area contributed by atoms with Crippen molar-refractivity contribution in [3.8, 4) is 0 Å². The van der Waals surface area contributed by atoms with Crippen LogP contribution in [-0.4, -0.2) is 45.9 Å². The second-order valence-electron chi connectivity index (χ2n) is 6.67. The van der Waals surface area contributed by atoms with Crippen LogP contribution >= 0.6 is 11.3 Å². The molecule has 3 heterocycles. The molecular formula is C20H22N4O2S. The van der Waals surface area contributed by atoms with Crippen LogP contribution in [0, 0.1) is 0 Å². The predicted molar refractivity (Wildman–Crippen MR) is 106 cm³/mol. The summed E-state index contributed by atoms with van der Waals surface area (Å²) in [4.78, 5) is 32.1. The molecule has 7 heteroatoms. The number of para-hydroxylation sites is 2. The summed E-state index contributed by atoms with van der Waals surface area (Å²) in [7, 11) is 0. The van der Waals surface area contributed by atoms with Gasteiger partial charge in [0.05, 0.1) is 15.9 Å². The number of rotatable bonds is 6. The number of thiophene rings is 1.